The number of H-pyrrole nitrogens is 1. The zero-order valence-electron chi connectivity index (χ0n) is 17.1. The average molecular weight is 400 g/mol. The molecule has 2 aromatic rings. The molecule has 2 aliphatic rings. The summed E-state index contributed by atoms with van der Waals surface area (Å²) >= 11 is 0. The summed E-state index contributed by atoms with van der Waals surface area (Å²) in [7, 11) is 1.86. The number of hydrogen-bond acceptors (Lipinski definition) is 3. The van der Waals surface area contributed by atoms with Crippen LogP contribution in [0.4, 0.5) is 4.39 Å². The molecule has 0 spiro atoms. The highest BCUT2D eigenvalue weighted by atomic mass is 19.1. The third kappa shape index (κ3) is 4.15. The Morgan fingerprint density at radius 1 is 1.24 bits per heavy atom. The molecule has 2 heterocycles. The minimum atomic E-state index is -0.325. The summed E-state index contributed by atoms with van der Waals surface area (Å²) in [4.78, 5) is 32.2. The number of fused-ring (bicyclic) bond motifs is 1. The van der Waals surface area contributed by atoms with Gasteiger partial charge in [0, 0.05) is 37.6 Å². The molecule has 1 aromatic heterocycles. The van der Waals surface area contributed by atoms with Gasteiger partial charge in [0.2, 0.25) is 5.91 Å². The van der Waals surface area contributed by atoms with Gasteiger partial charge in [0.15, 0.2) is 0 Å². The number of halogens is 1. The largest absolute Gasteiger partial charge is 0.350 e. The summed E-state index contributed by atoms with van der Waals surface area (Å²) in [5.41, 5.74) is 1.97. The number of nitrogens with one attached hydrogen (secondary N) is 2. The van der Waals surface area contributed by atoms with Gasteiger partial charge in [-0.1, -0.05) is 6.07 Å². The first-order chi connectivity index (χ1) is 13.9. The number of likely N-dealkylation sites (N-methyl/N-ethyl adjacent to an activating group) is 1. The second-order valence-electron chi connectivity index (χ2n) is 8.47. The number of benzene rings is 1. The third-order valence-corrected chi connectivity index (χ3v) is 6.39. The van der Waals surface area contributed by atoms with Crippen molar-refractivity contribution < 1.29 is 14.0 Å². The third-order valence-electron chi connectivity index (χ3n) is 6.39. The van der Waals surface area contributed by atoms with E-state index in [0.717, 1.165) is 50.8 Å². The molecule has 4 rings (SSSR count). The van der Waals surface area contributed by atoms with Gasteiger partial charge in [0.05, 0.1) is 12.1 Å². The number of amides is 2. The quantitative estimate of drug-likeness (QED) is 0.833. The van der Waals surface area contributed by atoms with E-state index in [1.807, 2.05) is 14.0 Å². The van der Waals surface area contributed by atoms with Crippen molar-refractivity contribution in [2.24, 2.45) is 0 Å². The Labute approximate surface area is 170 Å². The summed E-state index contributed by atoms with van der Waals surface area (Å²) in [6.45, 7) is 4.08. The van der Waals surface area contributed by atoms with Gasteiger partial charge in [-0.2, -0.15) is 0 Å². The molecule has 7 heteroatoms. The molecule has 6 nitrogen and oxygen atoms in total. The fourth-order valence-corrected chi connectivity index (χ4v) is 4.66. The highest BCUT2D eigenvalue weighted by Crippen LogP contribution is 2.26. The minimum absolute atomic E-state index is 0.0645. The molecule has 2 atom stereocenters. The van der Waals surface area contributed by atoms with Gasteiger partial charge >= 0.3 is 0 Å². The highest BCUT2D eigenvalue weighted by molar-refractivity contribution is 5.99. The number of rotatable bonds is 3. The number of aryl methyl sites for hydroxylation is 1. The molecule has 0 unspecified atom stereocenters. The molecule has 1 aliphatic carbocycles. The first-order valence-corrected chi connectivity index (χ1v) is 10.5. The van der Waals surface area contributed by atoms with Gasteiger partial charge in [-0.05, 0) is 56.7 Å². The van der Waals surface area contributed by atoms with E-state index in [9.17, 15) is 14.0 Å². The zero-order valence-corrected chi connectivity index (χ0v) is 17.1. The summed E-state index contributed by atoms with van der Waals surface area (Å²) in [6, 6.07) is 5.11. The lowest BCUT2D eigenvalue weighted by Crippen LogP contribution is -2.47. The normalized spacial score (nSPS) is 24.0. The molecule has 29 heavy (non-hydrogen) atoms. The van der Waals surface area contributed by atoms with Crippen LogP contribution in [0.15, 0.2) is 18.2 Å². The van der Waals surface area contributed by atoms with E-state index in [-0.39, 0.29) is 23.7 Å². The lowest BCUT2D eigenvalue weighted by atomic mass is 9.89. The maximum atomic E-state index is 14.1. The zero-order chi connectivity index (χ0) is 20.5. The molecule has 1 aromatic carbocycles. The Morgan fingerprint density at radius 3 is 2.86 bits per heavy atom. The van der Waals surface area contributed by atoms with Crippen molar-refractivity contribution in [3.8, 4) is 0 Å². The number of aromatic nitrogens is 1. The van der Waals surface area contributed by atoms with E-state index < -0.39 is 0 Å². The van der Waals surface area contributed by atoms with Crippen molar-refractivity contribution in [1.82, 2.24) is 20.1 Å². The second-order valence-corrected chi connectivity index (χ2v) is 8.47. The lowest BCUT2D eigenvalue weighted by molar-refractivity contribution is -0.130. The predicted octanol–water partition coefficient (Wildman–Crippen LogP) is 2.82. The van der Waals surface area contributed by atoms with Gasteiger partial charge in [0.25, 0.3) is 5.91 Å². The van der Waals surface area contributed by atoms with Crippen LogP contribution >= 0.6 is 0 Å². The first kappa shape index (κ1) is 19.9. The molecular formula is C22H29FN4O2. The Kier molecular flexibility index (Phi) is 5.58. The number of carbonyl (C=O) groups is 2. The van der Waals surface area contributed by atoms with E-state index in [2.05, 4.69) is 15.2 Å². The maximum absolute atomic E-state index is 14.1. The standard InChI is InChI=1S/C22H29FN4O2/c1-14-7-8-18(23)17-12-19(25-21(14)17)22(29)24-15-5-3-6-16(11-15)27-10-4-9-26(2)20(28)13-27/h7-8,12,15-16,25H,3-6,9-11,13H2,1-2H3,(H,24,29)/t15-,16-/m0/s1. The monoisotopic (exact) mass is 400 g/mol. The minimum Gasteiger partial charge on any atom is -0.350 e. The molecule has 2 N–H and O–H groups in total. The molecule has 2 fully saturated rings. The summed E-state index contributed by atoms with van der Waals surface area (Å²) in [6.07, 6.45) is 4.83. The Balaban J connectivity index is 1.43. The van der Waals surface area contributed by atoms with Crippen LogP contribution in [0.5, 0.6) is 0 Å². The van der Waals surface area contributed by atoms with Crippen LogP contribution < -0.4 is 5.32 Å². The molecule has 1 saturated carbocycles. The first-order valence-electron chi connectivity index (χ1n) is 10.5. The van der Waals surface area contributed by atoms with Crippen molar-refractivity contribution in [2.75, 3.05) is 26.7 Å². The van der Waals surface area contributed by atoms with Crippen molar-refractivity contribution in [2.45, 2.75) is 51.1 Å². The molecular weight excluding hydrogens is 371 g/mol. The molecule has 2 amide bonds. The smallest absolute Gasteiger partial charge is 0.267 e. The Morgan fingerprint density at radius 2 is 2.07 bits per heavy atom. The predicted molar refractivity (Wildman–Crippen MR) is 110 cm³/mol. The van der Waals surface area contributed by atoms with Crippen molar-refractivity contribution >= 4 is 22.7 Å². The number of aromatic amines is 1. The van der Waals surface area contributed by atoms with E-state index in [0.29, 0.717) is 29.2 Å². The van der Waals surface area contributed by atoms with Crippen molar-refractivity contribution in [1.29, 1.82) is 0 Å². The van der Waals surface area contributed by atoms with Crippen LogP contribution in [0.25, 0.3) is 10.9 Å². The van der Waals surface area contributed by atoms with Gasteiger partial charge in [0.1, 0.15) is 11.5 Å². The second kappa shape index (κ2) is 8.14. The van der Waals surface area contributed by atoms with E-state index in [1.54, 1.807) is 17.0 Å². The highest BCUT2D eigenvalue weighted by Gasteiger charge is 2.31. The van der Waals surface area contributed by atoms with Crippen LogP contribution in [0.3, 0.4) is 0 Å². The fraction of sp³-hybridized carbons (Fsp3) is 0.545. The van der Waals surface area contributed by atoms with Crippen LogP contribution in [0.1, 0.15) is 48.2 Å². The number of carbonyl (C=O) groups excluding carboxylic acids is 2. The Hall–Kier alpha value is -2.41. The van der Waals surface area contributed by atoms with Crippen LogP contribution in [-0.2, 0) is 4.79 Å². The maximum Gasteiger partial charge on any atom is 0.267 e. The van der Waals surface area contributed by atoms with Gasteiger partial charge in [-0.3, -0.25) is 14.5 Å². The SMILES string of the molecule is Cc1ccc(F)c2cc(C(=O)N[C@H]3CCC[C@H](N4CCCN(C)C(=O)C4)C3)[nH]c12. The number of nitrogens with zero attached hydrogens (tertiary/aromatic N) is 2. The summed E-state index contributed by atoms with van der Waals surface area (Å²) in [5, 5.41) is 3.57. The van der Waals surface area contributed by atoms with E-state index in [1.165, 1.54) is 6.07 Å². The van der Waals surface area contributed by atoms with E-state index in [4.69, 9.17) is 0 Å². The molecule has 0 bridgehead atoms. The van der Waals surface area contributed by atoms with Gasteiger partial charge in [-0.15, -0.1) is 0 Å². The molecule has 0 radical (unpaired) electrons. The fourth-order valence-electron chi connectivity index (χ4n) is 4.66. The molecule has 156 valence electrons. The molecule has 1 aliphatic heterocycles. The van der Waals surface area contributed by atoms with Crippen LogP contribution in [0.2, 0.25) is 0 Å². The lowest BCUT2D eigenvalue weighted by Gasteiger charge is -2.36. The summed E-state index contributed by atoms with van der Waals surface area (Å²) in [5.74, 6) is -0.351. The topological polar surface area (TPSA) is 68.4 Å². The summed E-state index contributed by atoms with van der Waals surface area (Å²) < 4.78 is 14.1. The van der Waals surface area contributed by atoms with Gasteiger partial charge < -0.3 is 15.2 Å². The van der Waals surface area contributed by atoms with E-state index >= 15 is 0 Å². The van der Waals surface area contributed by atoms with Crippen molar-refractivity contribution in [3.63, 3.8) is 0 Å². The van der Waals surface area contributed by atoms with Crippen molar-refractivity contribution in [3.05, 3.63) is 35.3 Å². The van der Waals surface area contributed by atoms with Gasteiger partial charge in [-0.25, -0.2) is 4.39 Å². The Bertz CT molecular complexity index is 886. The van der Waals surface area contributed by atoms with Crippen LogP contribution in [-0.4, -0.2) is 65.4 Å². The average Bonchev–Trinajstić information content (AvgIpc) is 3.10. The van der Waals surface area contributed by atoms with Crippen LogP contribution in [0, 0.1) is 12.7 Å². The number of hydrogen-bond donors (Lipinski definition) is 2. The molecule has 1 saturated heterocycles.